The molecule has 64 valence electrons. The molecule has 0 saturated carbocycles. The first-order chi connectivity index (χ1) is 5.46. The van der Waals surface area contributed by atoms with Gasteiger partial charge in [-0.25, -0.2) is 0 Å². The minimum Gasteiger partial charge on any atom is -0.288 e. The van der Waals surface area contributed by atoms with E-state index in [0.29, 0.717) is 15.6 Å². The smallest absolute Gasteiger partial charge is 0.201 e. The fourth-order valence-electron chi connectivity index (χ4n) is 0.869. The predicted octanol–water partition coefficient (Wildman–Crippen LogP) is 2.32. The summed E-state index contributed by atoms with van der Waals surface area (Å²) < 4.78 is 0.314. The van der Waals surface area contributed by atoms with E-state index in [1.165, 1.54) is 6.92 Å². The van der Waals surface area contributed by atoms with Crippen molar-refractivity contribution in [2.45, 2.75) is 13.8 Å². The Morgan fingerprint density at radius 2 is 1.58 bits per heavy atom. The Kier molecular flexibility index (Phi) is 2.54. The molecule has 0 bridgehead atoms. The molecule has 0 spiro atoms. The standard InChI is InChI=1S/C8H6BrClO2/c1-3-5(9)7(11)4(2)6(10)8(3)12/h1-2H3. The average Bonchev–Trinajstić information content (AvgIpc) is 2.08. The summed E-state index contributed by atoms with van der Waals surface area (Å²) in [4.78, 5) is 22.6. The highest BCUT2D eigenvalue weighted by Gasteiger charge is 2.27. The molecule has 2 nitrogen and oxygen atoms in total. The molecule has 0 aromatic carbocycles. The maximum absolute atomic E-state index is 11.3. The van der Waals surface area contributed by atoms with Crippen LogP contribution in [0.5, 0.6) is 0 Å². The third-order valence-electron chi connectivity index (χ3n) is 1.74. The van der Waals surface area contributed by atoms with Gasteiger partial charge in [0.25, 0.3) is 0 Å². The number of carbonyl (C=O) groups excluding carboxylic acids is 2. The van der Waals surface area contributed by atoms with Crippen LogP contribution in [0.3, 0.4) is 0 Å². The van der Waals surface area contributed by atoms with Gasteiger partial charge < -0.3 is 0 Å². The number of carbonyl (C=O) groups is 2. The van der Waals surface area contributed by atoms with Crippen LogP contribution in [0.15, 0.2) is 20.7 Å². The minimum atomic E-state index is -0.277. The van der Waals surface area contributed by atoms with Crippen LogP contribution in [-0.2, 0) is 9.59 Å². The second-order valence-corrected chi connectivity index (χ2v) is 3.71. The van der Waals surface area contributed by atoms with Gasteiger partial charge in [0.2, 0.25) is 5.78 Å². The highest BCUT2D eigenvalue weighted by molar-refractivity contribution is 9.12. The van der Waals surface area contributed by atoms with E-state index in [2.05, 4.69) is 15.9 Å². The Labute approximate surface area is 83.4 Å². The van der Waals surface area contributed by atoms with Crippen LogP contribution >= 0.6 is 27.5 Å². The van der Waals surface area contributed by atoms with Crippen LogP contribution in [0.25, 0.3) is 0 Å². The topological polar surface area (TPSA) is 34.1 Å². The third-order valence-corrected chi connectivity index (χ3v) is 3.15. The van der Waals surface area contributed by atoms with Crippen molar-refractivity contribution in [2.75, 3.05) is 0 Å². The molecule has 0 atom stereocenters. The highest BCUT2D eigenvalue weighted by atomic mass is 79.9. The lowest BCUT2D eigenvalue weighted by Crippen LogP contribution is -2.16. The van der Waals surface area contributed by atoms with Gasteiger partial charge in [-0.2, -0.15) is 0 Å². The summed E-state index contributed by atoms with van der Waals surface area (Å²) in [7, 11) is 0. The molecule has 0 amide bonds. The Hall–Kier alpha value is -0.410. The summed E-state index contributed by atoms with van der Waals surface area (Å²) >= 11 is 8.67. The zero-order valence-corrected chi connectivity index (χ0v) is 8.91. The Bertz CT molecular complexity index is 277. The van der Waals surface area contributed by atoms with Crippen molar-refractivity contribution in [3.63, 3.8) is 0 Å². The van der Waals surface area contributed by atoms with Crippen LogP contribution in [-0.4, -0.2) is 11.6 Å². The van der Waals surface area contributed by atoms with Crippen molar-refractivity contribution in [2.24, 2.45) is 0 Å². The number of ketones is 2. The number of hydrogen-bond donors (Lipinski definition) is 0. The summed E-state index contributed by atoms with van der Waals surface area (Å²) in [5, 5.41) is 0.0284. The van der Waals surface area contributed by atoms with Gasteiger partial charge in [0.15, 0.2) is 5.78 Å². The Morgan fingerprint density at radius 1 is 1.08 bits per heavy atom. The van der Waals surface area contributed by atoms with E-state index in [0.717, 1.165) is 0 Å². The van der Waals surface area contributed by atoms with Gasteiger partial charge in [-0.3, -0.25) is 9.59 Å². The van der Waals surface area contributed by atoms with Crippen molar-refractivity contribution < 1.29 is 9.59 Å². The lowest BCUT2D eigenvalue weighted by Gasteiger charge is -2.12. The van der Waals surface area contributed by atoms with Gasteiger partial charge in [-0.1, -0.05) is 11.6 Å². The summed E-state index contributed by atoms with van der Waals surface area (Å²) in [6.45, 7) is 3.11. The lowest BCUT2D eigenvalue weighted by molar-refractivity contribution is -0.115. The number of hydrogen-bond acceptors (Lipinski definition) is 2. The van der Waals surface area contributed by atoms with Crippen LogP contribution in [0, 0.1) is 0 Å². The maximum Gasteiger partial charge on any atom is 0.201 e. The van der Waals surface area contributed by atoms with Gasteiger partial charge in [0.05, 0.1) is 9.51 Å². The Balaban J connectivity index is 3.32. The second kappa shape index (κ2) is 3.15. The zero-order valence-electron chi connectivity index (χ0n) is 6.57. The maximum atomic E-state index is 11.3. The van der Waals surface area contributed by atoms with E-state index in [1.807, 2.05) is 0 Å². The first kappa shape index (κ1) is 9.68. The van der Waals surface area contributed by atoms with Crippen LogP contribution in [0.2, 0.25) is 0 Å². The number of allylic oxidation sites excluding steroid dienone is 4. The molecule has 0 heterocycles. The summed E-state index contributed by atoms with van der Waals surface area (Å²) in [5.41, 5.74) is 0.676. The molecule has 12 heavy (non-hydrogen) atoms. The molecular formula is C8H6BrClO2. The molecule has 0 aliphatic heterocycles. The van der Waals surface area contributed by atoms with Crippen molar-refractivity contribution >= 4 is 39.1 Å². The minimum absolute atomic E-state index is 0.0284. The normalized spacial score (nSPS) is 19.3. The molecule has 0 fully saturated rings. The predicted molar refractivity (Wildman–Crippen MR) is 50.2 cm³/mol. The summed E-state index contributed by atoms with van der Waals surface area (Å²) in [6, 6.07) is 0. The molecule has 0 unspecified atom stereocenters. The quantitative estimate of drug-likeness (QED) is 0.618. The third kappa shape index (κ3) is 1.27. The van der Waals surface area contributed by atoms with Gasteiger partial charge in [-0.05, 0) is 29.8 Å². The van der Waals surface area contributed by atoms with Gasteiger partial charge >= 0.3 is 0 Å². The molecule has 1 aliphatic carbocycles. The van der Waals surface area contributed by atoms with E-state index in [-0.39, 0.29) is 16.6 Å². The molecule has 1 rings (SSSR count). The summed E-state index contributed by atoms with van der Waals surface area (Å²) in [6.07, 6.45) is 0. The fourth-order valence-corrected chi connectivity index (χ4v) is 1.57. The second-order valence-electron chi connectivity index (χ2n) is 2.54. The molecular weight excluding hydrogens is 243 g/mol. The molecule has 4 heteroatoms. The van der Waals surface area contributed by atoms with Crippen LogP contribution in [0.1, 0.15) is 13.8 Å². The molecule has 0 aromatic heterocycles. The lowest BCUT2D eigenvalue weighted by atomic mass is 9.99. The molecule has 0 saturated heterocycles. The first-order valence-corrected chi connectivity index (χ1v) is 4.46. The highest BCUT2D eigenvalue weighted by Crippen LogP contribution is 2.29. The van der Waals surface area contributed by atoms with E-state index in [1.54, 1.807) is 6.92 Å². The zero-order chi connectivity index (χ0) is 9.46. The van der Waals surface area contributed by atoms with Crippen molar-refractivity contribution in [3.8, 4) is 0 Å². The largest absolute Gasteiger partial charge is 0.288 e. The number of Topliss-reactive ketones (excluding diaryl/α,β-unsaturated/α-hetero) is 2. The van der Waals surface area contributed by atoms with Gasteiger partial charge in [0.1, 0.15) is 0 Å². The van der Waals surface area contributed by atoms with E-state index >= 15 is 0 Å². The fraction of sp³-hybridized carbons (Fsp3) is 0.250. The van der Waals surface area contributed by atoms with Crippen LogP contribution < -0.4 is 0 Å². The van der Waals surface area contributed by atoms with Crippen molar-refractivity contribution in [1.29, 1.82) is 0 Å². The number of rotatable bonds is 0. The monoisotopic (exact) mass is 248 g/mol. The van der Waals surface area contributed by atoms with E-state index in [4.69, 9.17) is 11.6 Å². The molecule has 0 N–H and O–H groups in total. The van der Waals surface area contributed by atoms with E-state index in [9.17, 15) is 9.59 Å². The van der Waals surface area contributed by atoms with Crippen LogP contribution in [0.4, 0.5) is 0 Å². The first-order valence-electron chi connectivity index (χ1n) is 3.29. The van der Waals surface area contributed by atoms with Gasteiger partial charge in [-0.15, -0.1) is 0 Å². The average molecular weight is 249 g/mol. The SMILES string of the molecule is CC1=C(Cl)C(=O)C(C)=C(Br)C1=O. The van der Waals surface area contributed by atoms with E-state index < -0.39 is 0 Å². The molecule has 1 aliphatic rings. The molecule has 0 aromatic rings. The van der Waals surface area contributed by atoms with Gasteiger partial charge in [0, 0.05) is 11.1 Å². The van der Waals surface area contributed by atoms with Crippen molar-refractivity contribution in [1.82, 2.24) is 0 Å². The Morgan fingerprint density at radius 3 is 2.08 bits per heavy atom. The van der Waals surface area contributed by atoms with Crippen molar-refractivity contribution in [3.05, 3.63) is 20.7 Å². The summed E-state index contributed by atoms with van der Waals surface area (Å²) in [5.74, 6) is -0.488. The molecule has 0 radical (unpaired) electrons. The number of halogens is 2.